The van der Waals surface area contributed by atoms with E-state index in [1.54, 1.807) is 0 Å². The lowest BCUT2D eigenvalue weighted by molar-refractivity contribution is 0.222. The summed E-state index contributed by atoms with van der Waals surface area (Å²) in [7, 11) is 0. The number of hydrogen-bond acceptors (Lipinski definition) is 5. The summed E-state index contributed by atoms with van der Waals surface area (Å²) in [5.41, 5.74) is 0.848. The molecule has 0 saturated heterocycles. The Morgan fingerprint density at radius 3 is 2.58 bits per heavy atom. The SMILES string of the molecule is Cc1cc(OC(C)C)nc(OCCCNC(C)C)n1. The second-order valence-electron chi connectivity index (χ2n) is 5.11. The van der Waals surface area contributed by atoms with Crippen molar-refractivity contribution < 1.29 is 9.47 Å². The summed E-state index contributed by atoms with van der Waals surface area (Å²) in [4.78, 5) is 8.47. The first-order valence-electron chi connectivity index (χ1n) is 6.86. The lowest BCUT2D eigenvalue weighted by Crippen LogP contribution is -2.24. The highest BCUT2D eigenvalue weighted by Crippen LogP contribution is 2.14. The molecule has 0 aliphatic rings. The second-order valence-corrected chi connectivity index (χ2v) is 5.11. The van der Waals surface area contributed by atoms with Crippen LogP contribution in [0, 0.1) is 6.92 Å². The maximum Gasteiger partial charge on any atom is 0.319 e. The number of aromatic nitrogens is 2. The van der Waals surface area contributed by atoms with Crippen LogP contribution in [0.3, 0.4) is 0 Å². The van der Waals surface area contributed by atoms with Gasteiger partial charge in [0.15, 0.2) is 0 Å². The number of hydrogen-bond donors (Lipinski definition) is 1. The fraction of sp³-hybridized carbons (Fsp3) is 0.714. The molecule has 1 aromatic heterocycles. The van der Waals surface area contributed by atoms with Crippen LogP contribution in [-0.2, 0) is 0 Å². The highest BCUT2D eigenvalue weighted by atomic mass is 16.5. The van der Waals surface area contributed by atoms with Crippen molar-refractivity contribution in [2.24, 2.45) is 0 Å². The molecule has 108 valence electrons. The molecule has 0 saturated carbocycles. The zero-order valence-electron chi connectivity index (χ0n) is 12.6. The summed E-state index contributed by atoms with van der Waals surface area (Å²) in [6.45, 7) is 11.6. The van der Waals surface area contributed by atoms with Crippen LogP contribution in [0.5, 0.6) is 11.9 Å². The fourth-order valence-corrected chi connectivity index (χ4v) is 1.51. The molecule has 0 radical (unpaired) electrons. The van der Waals surface area contributed by atoms with E-state index in [0.717, 1.165) is 18.7 Å². The van der Waals surface area contributed by atoms with Crippen LogP contribution in [0.15, 0.2) is 6.07 Å². The van der Waals surface area contributed by atoms with E-state index in [9.17, 15) is 0 Å². The van der Waals surface area contributed by atoms with E-state index < -0.39 is 0 Å². The minimum atomic E-state index is 0.0948. The van der Waals surface area contributed by atoms with Gasteiger partial charge in [0, 0.05) is 17.8 Å². The minimum absolute atomic E-state index is 0.0948. The monoisotopic (exact) mass is 267 g/mol. The predicted molar refractivity (Wildman–Crippen MR) is 75.8 cm³/mol. The normalized spacial score (nSPS) is 11.1. The molecular formula is C14H25N3O2. The molecule has 0 aliphatic carbocycles. The van der Waals surface area contributed by atoms with Gasteiger partial charge in [-0.15, -0.1) is 0 Å². The van der Waals surface area contributed by atoms with Crippen molar-refractivity contribution in [3.05, 3.63) is 11.8 Å². The zero-order chi connectivity index (χ0) is 14.3. The van der Waals surface area contributed by atoms with Gasteiger partial charge in [0.05, 0.1) is 12.7 Å². The van der Waals surface area contributed by atoms with Crippen LogP contribution >= 0.6 is 0 Å². The van der Waals surface area contributed by atoms with Gasteiger partial charge in [-0.2, -0.15) is 4.98 Å². The summed E-state index contributed by atoms with van der Waals surface area (Å²) >= 11 is 0. The Morgan fingerprint density at radius 2 is 1.95 bits per heavy atom. The predicted octanol–water partition coefficient (Wildman–Crippen LogP) is 2.34. The molecule has 1 rings (SSSR count). The lowest BCUT2D eigenvalue weighted by Gasteiger charge is -2.11. The van der Waals surface area contributed by atoms with Crippen molar-refractivity contribution >= 4 is 0 Å². The summed E-state index contributed by atoms with van der Waals surface area (Å²) in [5, 5.41) is 3.34. The molecule has 19 heavy (non-hydrogen) atoms. The Bertz CT molecular complexity index is 381. The van der Waals surface area contributed by atoms with Crippen LogP contribution in [0.25, 0.3) is 0 Å². The second kappa shape index (κ2) is 7.94. The first-order valence-corrected chi connectivity index (χ1v) is 6.86. The molecule has 5 nitrogen and oxygen atoms in total. The smallest absolute Gasteiger partial charge is 0.319 e. The zero-order valence-corrected chi connectivity index (χ0v) is 12.6. The Morgan fingerprint density at radius 1 is 1.21 bits per heavy atom. The molecule has 0 fully saturated rings. The van der Waals surface area contributed by atoms with Gasteiger partial charge in [-0.25, -0.2) is 4.98 Å². The van der Waals surface area contributed by atoms with Gasteiger partial charge >= 0.3 is 6.01 Å². The minimum Gasteiger partial charge on any atom is -0.475 e. The van der Waals surface area contributed by atoms with E-state index in [4.69, 9.17) is 9.47 Å². The quantitative estimate of drug-likeness (QED) is 0.733. The van der Waals surface area contributed by atoms with Gasteiger partial charge in [0.25, 0.3) is 0 Å². The molecule has 0 bridgehead atoms. The Kier molecular flexibility index (Phi) is 6.56. The van der Waals surface area contributed by atoms with Gasteiger partial charge in [-0.1, -0.05) is 13.8 Å². The summed E-state index contributed by atoms with van der Waals surface area (Å²) in [5.74, 6) is 0.567. The van der Waals surface area contributed by atoms with Crippen LogP contribution in [0.4, 0.5) is 0 Å². The van der Waals surface area contributed by atoms with Crippen LogP contribution in [0.2, 0.25) is 0 Å². The highest BCUT2D eigenvalue weighted by molar-refractivity contribution is 5.17. The molecule has 1 aromatic rings. The average Bonchev–Trinajstić information content (AvgIpc) is 2.26. The molecule has 0 spiro atoms. The highest BCUT2D eigenvalue weighted by Gasteiger charge is 2.06. The largest absolute Gasteiger partial charge is 0.475 e. The Labute approximate surface area is 115 Å². The van der Waals surface area contributed by atoms with E-state index in [1.807, 2.05) is 26.8 Å². The molecule has 0 amide bonds. The Hall–Kier alpha value is -1.36. The topological polar surface area (TPSA) is 56.3 Å². The van der Waals surface area contributed by atoms with Crippen molar-refractivity contribution in [2.75, 3.05) is 13.2 Å². The molecular weight excluding hydrogens is 242 g/mol. The van der Waals surface area contributed by atoms with Gasteiger partial charge in [0.1, 0.15) is 0 Å². The van der Waals surface area contributed by atoms with Crippen LogP contribution in [-0.4, -0.2) is 35.3 Å². The molecule has 5 heteroatoms. The van der Waals surface area contributed by atoms with Crippen molar-refractivity contribution in [2.45, 2.75) is 53.2 Å². The Balaban J connectivity index is 2.42. The molecule has 1 N–H and O–H groups in total. The summed E-state index contributed by atoms with van der Waals surface area (Å²) in [6, 6.07) is 2.70. The fourth-order valence-electron chi connectivity index (χ4n) is 1.51. The third-order valence-electron chi connectivity index (χ3n) is 2.27. The van der Waals surface area contributed by atoms with Gasteiger partial charge in [-0.05, 0) is 33.7 Å². The number of ether oxygens (including phenoxy) is 2. The van der Waals surface area contributed by atoms with Crippen molar-refractivity contribution in [1.82, 2.24) is 15.3 Å². The number of nitrogens with zero attached hydrogens (tertiary/aromatic N) is 2. The number of rotatable bonds is 8. The van der Waals surface area contributed by atoms with Crippen molar-refractivity contribution in [3.63, 3.8) is 0 Å². The van der Waals surface area contributed by atoms with E-state index in [0.29, 0.717) is 24.5 Å². The van der Waals surface area contributed by atoms with E-state index in [-0.39, 0.29) is 6.10 Å². The number of aryl methyl sites for hydroxylation is 1. The first kappa shape index (κ1) is 15.7. The maximum atomic E-state index is 5.55. The third-order valence-corrected chi connectivity index (χ3v) is 2.27. The molecule has 1 heterocycles. The summed E-state index contributed by atoms with van der Waals surface area (Å²) < 4.78 is 11.1. The van der Waals surface area contributed by atoms with Gasteiger partial charge < -0.3 is 14.8 Å². The van der Waals surface area contributed by atoms with E-state index in [1.165, 1.54) is 0 Å². The standard InChI is InChI=1S/C14H25N3O2/c1-10(2)15-7-6-8-18-14-16-12(5)9-13(17-14)19-11(3)4/h9-11,15H,6-8H2,1-5H3. The summed E-state index contributed by atoms with van der Waals surface area (Å²) in [6.07, 6.45) is 1.02. The van der Waals surface area contributed by atoms with Crippen molar-refractivity contribution in [1.29, 1.82) is 0 Å². The van der Waals surface area contributed by atoms with Gasteiger partial charge in [-0.3, -0.25) is 0 Å². The third kappa shape index (κ3) is 6.96. The molecule has 0 aromatic carbocycles. The van der Waals surface area contributed by atoms with E-state index in [2.05, 4.69) is 29.1 Å². The van der Waals surface area contributed by atoms with Crippen LogP contribution < -0.4 is 14.8 Å². The first-order chi connectivity index (χ1) is 8.97. The number of nitrogens with one attached hydrogen (secondary N) is 1. The van der Waals surface area contributed by atoms with E-state index >= 15 is 0 Å². The van der Waals surface area contributed by atoms with Crippen LogP contribution in [0.1, 0.15) is 39.8 Å². The molecule has 0 unspecified atom stereocenters. The maximum absolute atomic E-state index is 5.55. The molecule has 0 aliphatic heterocycles. The van der Waals surface area contributed by atoms with Gasteiger partial charge in [0.2, 0.25) is 5.88 Å². The lowest BCUT2D eigenvalue weighted by atomic mass is 10.3. The molecule has 0 atom stereocenters. The van der Waals surface area contributed by atoms with Crippen molar-refractivity contribution in [3.8, 4) is 11.9 Å². The average molecular weight is 267 g/mol.